The van der Waals surface area contributed by atoms with E-state index in [-0.39, 0.29) is 42.5 Å². The lowest BCUT2D eigenvalue weighted by Gasteiger charge is -2.39. The van der Waals surface area contributed by atoms with E-state index in [1.807, 2.05) is 6.07 Å². The number of hydrogen-bond donors (Lipinski definition) is 1. The fourth-order valence-corrected chi connectivity index (χ4v) is 5.60. The Kier molecular flexibility index (Phi) is 7.15. The van der Waals surface area contributed by atoms with Crippen molar-refractivity contribution in [3.05, 3.63) is 22.9 Å². The van der Waals surface area contributed by atoms with Crippen LogP contribution in [0.15, 0.2) is 6.07 Å². The molecular formula is C21H28N4O5S. The van der Waals surface area contributed by atoms with E-state index >= 15 is 0 Å². The minimum absolute atomic E-state index is 0.0101. The van der Waals surface area contributed by atoms with Crippen molar-refractivity contribution in [2.75, 3.05) is 30.3 Å². The lowest BCUT2D eigenvalue weighted by molar-refractivity contribution is -0.123. The summed E-state index contributed by atoms with van der Waals surface area (Å²) in [6, 6.07) is 3.47. The lowest BCUT2D eigenvalue weighted by Crippen LogP contribution is -2.55. The van der Waals surface area contributed by atoms with Crippen LogP contribution in [0.2, 0.25) is 0 Å². The molecule has 0 unspecified atom stereocenters. The quantitative estimate of drug-likeness (QED) is 0.626. The monoisotopic (exact) mass is 448 g/mol. The number of nitriles is 1. The summed E-state index contributed by atoms with van der Waals surface area (Å²) >= 11 is 0. The Hall–Kier alpha value is -2.67. The fraction of sp³-hybridized carbons (Fsp3) is 0.619. The van der Waals surface area contributed by atoms with E-state index in [2.05, 4.69) is 9.71 Å². The van der Waals surface area contributed by atoms with Crippen LogP contribution in [0.25, 0.3) is 0 Å². The number of amides is 1. The van der Waals surface area contributed by atoms with Gasteiger partial charge in [-0.2, -0.15) is 5.26 Å². The van der Waals surface area contributed by atoms with Gasteiger partial charge in [-0.05, 0) is 38.7 Å². The molecule has 2 aliphatic rings. The molecule has 0 aromatic carbocycles. The second kappa shape index (κ2) is 9.64. The number of ether oxygens (including phenoxy) is 1. The standard InChI is InChI=1S/C21H28N4O5S/c1-3-30-21(27)18-9-16(10-22)19(23-14(18)2)25-11-17(12-25)20(26)24-31(28,29)13-15-7-5-4-6-8-15/h9,15,17H,3-8,11-13H2,1-2H3,(H,24,26). The number of pyridine rings is 1. The van der Waals surface area contributed by atoms with Crippen LogP contribution in [-0.2, 0) is 19.6 Å². The third-order valence-corrected chi connectivity index (χ3v) is 7.22. The SMILES string of the molecule is CCOC(=O)c1cc(C#N)c(N2CC(C(=O)NS(=O)(=O)CC3CCCCC3)C2)nc1C. The third kappa shape index (κ3) is 5.53. The highest BCUT2D eigenvalue weighted by Crippen LogP contribution is 2.29. The van der Waals surface area contributed by atoms with Gasteiger partial charge < -0.3 is 9.64 Å². The van der Waals surface area contributed by atoms with Crippen LogP contribution < -0.4 is 9.62 Å². The normalized spacial score (nSPS) is 17.5. The molecule has 1 aliphatic heterocycles. The number of anilines is 1. The highest BCUT2D eigenvalue weighted by Gasteiger charge is 2.37. The van der Waals surface area contributed by atoms with Crippen molar-refractivity contribution >= 4 is 27.7 Å². The molecule has 2 fully saturated rings. The number of nitrogens with one attached hydrogen (secondary N) is 1. The molecule has 0 bridgehead atoms. The van der Waals surface area contributed by atoms with E-state index in [0.29, 0.717) is 11.5 Å². The number of carbonyl (C=O) groups excluding carboxylic acids is 2. The van der Waals surface area contributed by atoms with Crippen molar-refractivity contribution in [2.24, 2.45) is 11.8 Å². The Bertz CT molecular complexity index is 990. The zero-order valence-corrected chi connectivity index (χ0v) is 18.7. The number of rotatable bonds is 7. The summed E-state index contributed by atoms with van der Waals surface area (Å²) in [5.41, 5.74) is 0.860. The molecule has 1 N–H and O–H groups in total. The largest absolute Gasteiger partial charge is 0.462 e. The Morgan fingerprint density at radius 3 is 2.58 bits per heavy atom. The second-order valence-corrected chi connectivity index (χ2v) is 9.95. The molecule has 1 aliphatic carbocycles. The maximum atomic E-state index is 12.4. The molecule has 0 spiro atoms. The Labute approximate surface area is 182 Å². The van der Waals surface area contributed by atoms with Crippen molar-refractivity contribution in [1.29, 1.82) is 5.26 Å². The van der Waals surface area contributed by atoms with Gasteiger partial charge in [0.05, 0.1) is 35.1 Å². The van der Waals surface area contributed by atoms with Crippen molar-refractivity contribution in [2.45, 2.75) is 46.0 Å². The third-order valence-electron chi connectivity index (χ3n) is 5.80. The van der Waals surface area contributed by atoms with Crippen molar-refractivity contribution in [1.82, 2.24) is 9.71 Å². The molecule has 2 heterocycles. The number of nitrogens with zero attached hydrogens (tertiary/aromatic N) is 3. The van der Waals surface area contributed by atoms with E-state index in [9.17, 15) is 23.3 Å². The van der Waals surface area contributed by atoms with Gasteiger partial charge in [0.1, 0.15) is 11.9 Å². The van der Waals surface area contributed by atoms with Crippen LogP contribution >= 0.6 is 0 Å². The molecule has 3 rings (SSSR count). The van der Waals surface area contributed by atoms with E-state index < -0.39 is 27.8 Å². The maximum Gasteiger partial charge on any atom is 0.340 e. The van der Waals surface area contributed by atoms with Crippen LogP contribution in [0.3, 0.4) is 0 Å². The van der Waals surface area contributed by atoms with E-state index in [0.717, 1.165) is 32.1 Å². The minimum Gasteiger partial charge on any atom is -0.462 e. The van der Waals surface area contributed by atoms with Crippen molar-refractivity contribution in [3.8, 4) is 6.07 Å². The zero-order chi connectivity index (χ0) is 22.6. The summed E-state index contributed by atoms with van der Waals surface area (Å²) in [7, 11) is -3.66. The molecule has 1 saturated carbocycles. The molecule has 31 heavy (non-hydrogen) atoms. The highest BCUT2D eigenvalue weighted by atomic mass is 32.2. The first-order valence-electron chi connectivity index (χ1n) is 10.6. The summed E-state index contributed by atoms with van der Waals surface area (Å²) in [6.07, 6.45) is 4.98. The van der Waals surface area contributed by atoms with Crippen LogP contribution in [0.5, 0.6) is 0 Å². The van der Waals surface area contributed by atoms with Gasteiger partial charge >= 0.3 is 5.97 Å². The number of aryl methyl sites for hydroxylation is 1. The molecule has 0 radical (unpaired) electrons. The average Bonchev–Trinajstić information content (AvgIpc) is 2.67. The number of carbonyl (C=O) groups is 2. The first kappa shape index (κ1) is 23.0. The van der Waals surface area contributed by atoms with Crippen LogP contribution in [-0.4, -0.2) is 50.7 Å². The van der Waals surface area contributed by atoms with Gasteiger partial charge in [-0.3, -0.25) is 9.52 Å². The minimum atomic E-state index is -3.66. The zero-order valence-electron chi connectivity index (χ0n) is 17.9. The van der Waals surface area contributed by atoms with Gasteiger partial charge in [-0.15, -0.1) is 0 Å². The topological polar surface area (TPSA) is 129 Å². The summed E-state index contributed by atoms with van der Waals surface area (Å²) in [4.78, 5) is 30.6. The van der Waals surface area contributed by atoms with Gasteiger partial charge in [-0.25, -0.2) is 18.2 Å². The lowest BCUT2D eigenvalue weighted by atomic mass is 9.91. The first-order valence-corrected chi connectivity index (χ1v) is 12.3. The Balaban J connectivity index is 1.61. The molecule has 9 nitrogen and oxygen atoms in total. The molecule has 1 aromatic heterocycles. The summed E-state index contributed by atoms with van der Waals surface area (Å²) in [5, 5.41) is 9.47. The van der Waals surface area contributed by atoms with Gasteiger partial charge in [0.25, 0.3) is 0 Å². The van der Waals surface area contributed by atoms with Gasteiger partial charge in [0.15, 0.2) is 0 Å². The van der Waals surface area contributed by atoms with Crippen LogP contribution in [0.1, 0.15) is 60.6 Å². The predicted octanol–water partition coefficient (Wildman–Crippen LogP) is 1.90. The van der Waals surface area contributed by atoms with Gasteiger partial charge in [0.2, 0.25) is 15.9 Å². The molecule has 168 valence electrons. The smallest absolute Gasteiger partial charge is 0.340 e. The number of sulfonamides is 1. The van der Waals surface area contributed by atoms with E-state index in [1.165, 1.54) is 6.07 Å². The number of aromatic nitrogens is 1. The van der Waals surface area contributed by atoms with Crippen LogP contribution in [0, 0.1) is 30.1 Å². The molecule has 1 aromatic rings. The van der Waals surface area contributed by atoms with Gasteiger partial charge in [0, 0.05) is 13.1 Å². The highest BCUT2D eigenvalue weighted by molar-refractivity contribution is 7.90. The second-order valence-electron chi connectivity index (χ2n) is 8.18. The van der Waals surface area contributed by atoms with Crippen molar-refractivity contribution < 1.29 is 22.7 Å². The van der Waals surface area contributed by atoms with Gasteiger partial charge in [-0.1, -0.05) is 19.3 Å². The predicted molar refractivity (Wildman–Crippen MR) is 114 cm³/mol. The van der Waals surface area contributed by atoms with E-state index in [1.54, 1.807) is 18.7 Å². The molecule has 10 heteroatoms. The Morgan fingerprint density at radius 1 is 1.29 bits per heavy atom. The average molecular weight is 449 g/mol. The number of esters is 1. The van der Waals surface area contributed by atoms with Crippen molar-refractivity contribution in [3.63, 3.8) is 0 Å². The molecular weight excluding hydrogens is 420 g/mol. The Morgan fingerprint density at radius 2 is 1.97 bits per heavy atom. The summed E-state index contributed by atoms with van der Waals surface area (Å²) in [6.45, 7) is 4.07. The first-order chi connectivity index (χ1) is 14.7. The summed E-state index contributed by atoms with van der Waals surface area (Å²) < 4.78 is 31.9. The fourth-order valence-electron chi connectivity index (χ4n) is 4.09. The molecule has 1 amide bonds. The van der Waals surface area contributed by atoms with E-state index in [4.69, 9.17) is 4.74 Å². The molecule has 0 atom stereocenters. The van der Waals surface area contributed by atoms with Crippen LogP contribution in [0.4, 0.5) is 5.82 Å². The number of hydrogen-bond acceptors (Lipinski definition) is 8. The summed E-state index contributed by atoms with van der Waals surface area (Å²) in [5.74, 6) is -1.09. The molecule has 1 saturated heterocycles. The maximum absolute atomic E-state index is 12.4.